The van der Waals surface area contributed by atoms with Gasteiger partial charge in [0.1, 0.15) is 0 Å². The van der Waals surface area contributed by atoms with E-state index in [0.717, 1.165) is 6.07 Å². The molecule has 0 aromatic heterocycles. The lowest BCUT2D eigenvalue weighted by atomic mass is 10.1. The standard InChI is InChI=1S/C15H14N2O5S/c1-10-3-8-14(9-15(10)17(19)20)23(21,22)16-13-6-4-12(5-7-13)11(2)18/h3-9,16H,1-2H3. The summed E-state index contributed by atoms with van der Waals surface area (Å²) in [7, 11) is -3.96. The quantitative estimate of drug-likeness (QED) is 0.514. The molecule has 0 heterocycles. The number of nitrogens with zero attached hydrogens (tertiary/aromatic N) is 1. The summed E-state index contributed by atoms with van der Waals surface area (Å²) in [5.41, 5.74) is 0.830. The highest BCUT2D eigenvalue weighted by atomic mass is 32.2. The number of nitro groups is 1. The van der Waals surface area contributed by atoms with Crippen molar-refractivity contribution in [1.29, 1.82) is 0 Å². The Labute approximate surface area is 133 Å². The summed E-state index contributed by atoms with van der Waals surface area (Å²) >= 11 is 0. The van der Waals surface area contributed by atoms with Crippen LogP contribution in [-0.2, 0) is 10.0 Å². The maximum atomic E-state index is 12.3. The van der Waals surface area contributed by atoms with Crippen LogP contribution < -0.4 is 4.72 Å². The zero-order chi connectivity index (χ0) is 17.2. The van der Waals surface area contributed by atoms with Crippen molar-refractivity contribution in [3.05, 3.63) is 63.7 Å². The number of carbonyl (C=O) groups excluding carboxylic acids is 1. The third-order valence-corrected chi connectivity index (χ3v) is 4.61. The lowest BCUT2D eigenvalue weighted by Gasteiger charge is -2.09. The first-order chi connectivity index (χ1) is 10.7. The molecule has 120 valence electrons. The Hall–Kier alpha value is -2.74. The second-order valence-electron chi connectivity index (χ2n) is 4.94. The van der Waals surface area contributed by atoms with E-state index in [-0.39, 0.29) is 22.1 Å². The topological polar surface area (TPSA) is 106 Å². The van der Waals surface area contributed by atoms with Gasteiger partial charge in [0.05, 0.1) is 9.82 Å². The number of hydrogen-bond donors (Lipinski definition) is 1. The minimum atomic E-state index is -3.96. The predicted molar refractivity (Wildman–Crippen MR) is 85.1 cm³/mol. The zero-order valence-corrected chi connectivity index (χ0v) is 13.3. The molecule has 0 aliphatic heterocycles. The van der Waals surface area contributed by atoms with Gasteiger partial charge in [0.2, 0.25) is 0 Å². The number of ketones is 1. The number of nitro benzene ring substituents is 1. The van der Waals surface area contributed by atoms with Crippen LogP contribution in [-0.4, -0.2) is 19.1 Å². The average Bonchev–Trinajstić information content (AvgIpc) is 2.47. The van der Waals surface area contributed by atoms with Crippen LogP contribution in [0.5, 0.6) is 0 Å². The van der Waals surface area contributed by atoms with Crippen LogP contribution in [0.1, 0.15) is 22.8 Å². The molecule has 0 saturated carbocycles. The molecule has 0 aliphatic carbocycles. The first-order valence-electron chi connectivity index (χ1n) is 6.59. The van der Waals surface area contributed by atoms with Crippen molar-refractivity contribution in [3.63, 3.8) is 0 Å². The largest absolute Gasteiger partial charge is 0.295 e. The van der Waals surface area contributed by atoms with Crippen molar-refractivity contribution >= 4 is 27.2 Å². The molecule has 0 bridgehead atoms. The summed E-state index contributed by atoms with van der Waals surface area (Å²) < 4.78 is 26.9. The maximum absolute atomic E-state index is 12.3. The molecule has 23 heavy (non-hydrogen) atoms. The van der Waals surface area contributed by atoms with Crippen molar-refractivity contribution in [3.8, 4) is 0 Å². The SMILES string of the molecule is CC(=O)c1ccc(NS(=O)(=O)c2ccc(C)c([N+](=O)[O-])c2)cc1. The molecule has 0 fully saturated rings. The van der Waals surface area contributed by atoms with Gasteiger partial charge in [0, 0.05) is 22.9 Å². The number of nitrogens with one attached hydrogen (secondary N) is 1. The number of anilines is 1. The van der Waals surface area contributed by atoms with Crippen molar-refractivity contribution in [1.82, 2.24) is 0 Å². The van der Waals surface area contributed by atoms with E-state index >= 15 is 0 Å². The molecule has 0 amide bonds. The molecule has 0 spiro atoms. The van der Waals surface area contributed by atoms with E-state index < -0.39 is 14.9 Å². The molecule has 0 radical (unpaired) electrons. The molecule has 2 rings (SSSR count). The van der Waals surface area contributed by atoms with Gasteiger partial charge in [-0.3, -0.25) is 19.6 Å². The molecule has 8 heteroatoms. The first kappa shape index (κ1) is 16.6. The minimum absolute atomic E-state index is 0.131. The van der Waals surface area contributed by atoms with Crippen molar-refractivity contribution < 1.29 is 18.1 Å². The predicted octanol–water partition coefficient (Wildman–Crippen LogP) is 2.91. The number of hydrogen-bond acceptors (Lipinski definition) is 5. The molecular weight excluding hydrogens is 320 g/mol. The molecule has 2 aromatic carbocycles. The highest BCUT2D eigenvalue weighted by Gasteiger charge is 2.19. The van der Waals surface area contributed by atoms with Crippen molar-refractivity contribution in [2.45, 2.75) is 18.7 Å². The molecule has 1 N–H and O–H groups in total. The van der Waals surface area contributed by atoms with Gasteiger partial charge in [-0.1, -0.05) is 6.07 Å². The number of benzene rings is 2. The molecule has 0 unspecified atom stereocenters. The Bertz CT molecular complexity index is 873. The third kappa shape index (κ3) is 3.72. The monoisotopic (exact) mass is 334 g/mol. The number of rotatable bonds is 5. The van der Waals surface area contributed by atoms with Crippen LogP contribution in [0.4, 0.5) is 11.4 Å². The van der Waals surface area contributed by atoms with E-state index in [2.05, 4.69) is 4.72 Å². The van der Waals surface area contributed by atoms with Crippen LogP contribution in [0.3, 0.4) is 0 Å². The van der Waals surface area contributed by atoms with Gasteiger partial charge in [-0.05, 0) is 44.2 Å². The summed E-state index contributed by atoms with van der Waals surface area (Å²) in [6, 6.07) is 9.60. The Morgan fingerprint density at radius 2 is 1.74 bits per heavy atom. The van der Waals surface area contributed by atoms with E-state index in [0.29, 0.717) is 11.1 Å². The fourth-order valence-corrected chi connectivity index (χ4v) is 3.02. The van der Waals surface area contributed by atoms with Crippen molar-refractivity contribution in [2.75, 3.05) is 4.72 Å². The molecular formula is C15H14N2O5S. The fourth-order valence-electron chi connectivity index (χ4n) is 1.94. The summed E-state index contributed by atoms with van der Waals surface area (Å²) in [5.74, 6) is -0.131. The van der Waals surface area contributed by atoms with E-state index in [4.69, 9.17) is 0 Å². The molecule has 0 atom stereocenters. The summed E-state index contributed by atoms with van der Waals surface area (Å²) in [6.07, 6.45) is 0. The van der Waals surface area contributed by atoms with Gasteiger partial charge in [0.25, 0.3) is 15.7 Å². The Morgan fingerprint density at radius 1 is 1.13 bits per heavy atom. The van der Waals surface area contributed by atoms with E-state index in [9.17, 15) is 23.3 Å². The van der Waals surface area contributed by atoms with Crippen LogP contribution in [0.25, 0.3) is 0 Å². The van der Waals surface area contributed by atoms with Gasteiger partial charge in [-0.15, -0.1) is 0 Å². The fraction of sp³-hybridized carbons (Fsp3) is 0.133. The summed E-state index contributed by atoms with van der Waals surface area (Å²) in [6.45, 7) is 2.94. The Kier molecular flexibility index (Phi) is 4.46. The van der Waals surface area contributed by atoms with E-state index in [1.165, 1.54) is 50.2 Å². The van der Waals surface area contributed by atoms with Gasteiger partial charge < -0.3 is 0 Å². The number of sulfonamides is 1. The second-order valence-corrected chi connectivity index (χ2v) is 6.63. The Balaban J connectivity index is 2.33. The van der Waals surface area contributed by atoms with Crippen LogP contribution in [0.2, 0.25) is 0 Å². The first-order valence-corrected chi connectivity index (χ1v) is 8.08. The summed E-state index contributed by atoms with van der Waals surface area (Å²) in [4.78, 5) is 21.3. The normalized spacial score (nSPS) is 11.0. The van der Waals surface area contributed by atoms with Gasteiger partial charge in [-0.2, -0.15) is 0 Å². The number of aryl methyl sites for hydroxylation is 1. The Morgan fingerprint density at radius 3 is 2.26 bits per heavy atom. The number of Topliss-reactive ketones (excluding diaryl/α,β-unsaturated/α-hetero) is 1. The van der Waals surface area contributed by atoms with Crippen LogP contribution in [0.15, 0.2) is 47.4 Å². The highest BCUT2D eigenvalue weighted by Crippen LogP contribution is 2.24. The molecule has 0 aliphatic rings. The lowest BCUT2D eigenvalue weighted by molar-refractivity contribution is -0.385. The molecule has 7 nitrogen and oxygen atoms in total. The van der Waals surface area contributed by atoms with Gasteiger partial charge in [-0.25, -0.2) is 8.42 Å². The zero-order valence-electron chi connectivity index (χ0n) is 12.4. The van der Waals surface area contributed by atoms with Gasteiger partial charge in [0.15, 0.2) is 5.78 Å². The maximum Gasteiger partial charge on any atom is 0.273 e. The summed E-state index contributed by atoms with van der Waals surface area (Å²) in [5, 5.41) is 10.9. The van der Waals surface area contributed by atoms with Crippen LogP contribution >= 0.6 is 0 Å². The van der Waals surface area contributed by atoms with Crippen LogP contribution in [0, 0.1) is 17.0 Å². The smallest absolute Gasteiger partial charge is 0.273 e. The lowest BCUT2D eigenvalue weighted by Crippen LogP contribution is -2.13. The van der Waals surface area contributed by atoms with Gasteiger partial charge >= 0.3 is 0 Å². The molecule has 0 saturated heterocycles. The second kappa shape index (κ2) is 6.17. The highest BCUT2D eigenvalue weighted by molar-refractivity contribution is 7.92. The average molecular weight is 334 g/mol. The van der Waals surface area contributed by atoms with Crippen molar-refractivity contribution in [2.24, 2.45) is 0 Å². The molecule has 2 aromatic rings. The van der Waals surface area contributed by atoms with E-state index in [1.807, 2.05) is 0 Å². The number of carbonyl (C=O) groups is 1. The third-order valence-electron chi connectivity index (χ3n) is 3.23. The minimum Gasteiger partial charge on any atom is -0.295 e. The van der Waals surface area contributed by atoms with E-state index in [1.54, 1.807) is 0 Å².